The average molecular weight is 550 g/mol. The number of amides is 2. The zero-order chi connectivity index (χ0) is 26.6. The van der Waals surface area contributed by atoms with Crippen molar-refractivity contribution in [3.63, 3.8) is 0 Å². The third-order valence-electron chi connectivity index (χ3n) is 6.42. The van der Waals surface area contributed by atoms with Crippen molar-refractivity contribution in [2.75, 3.05) is 30.3 Å². The molecule has 4 N–H and O–H groups in total. The van der Waals surface area contributed by atoms with Crippen molar-refractivity contribution in [1.82, 2.24) is 25.6 Å². The van der Waals surface area contributed by atoms with Crippen LogP contribution in [0.25, 0.3) is 16.6 Å². The molecule has 196 valence electrons. The Hall–Kier alpha value is -3.61. The molecule has 5 heterocycles. The number of nitrogens with one attached hydrogen (secondary N) is 2. The first-order valence-corrected chi connectivity index (χ1v) is 13.9. The summed E-state index contributed by atoms with van der Waals surface area (Å²) in [6.07, 6.45) is 5.28. The number of carbonyl (C=O) groups is 3. The normalized spacial score (nSPS) is 17.3. The fourth-order valence-corrected chi connectivity index (χ4v) is 6.00. The van der Waals surface area contributed by atoms with Crippen LogP contribution in [0, 0.1) is 5.92 Å². The molecule has 0 aromatic carbocycles. The van der Waals surface area contributed by atoms with Crippen LogP contribution in [0.4, 0.5) is 16.6 Å². The Morgan fingerprint density at radius 1 is 1.18 bits per heavy atom. The van der Waals surface area contributed by atoms with Gasteiger partial charge in [0.15, 0.2) is 5.78 Å². The molecule has 2 aliphatic rings. The Bertz CT molecular complexity index is 1410. The molecule has 10 nitrogen and oxygen atoms in total. The second-order valence-electron chi connectivity index (χ2n) is 9.16. The molecule has 2 aliphatic heterocycles. The molecule has 0 spiro atoms. The van der Waals surface area contributed by atoms with Gasteiger partial charge < -0.3 is 16.0 Å². The van der Waals surface area contributed by atoms with Gasteiger partial charge in [-0.1, -0.05) is 6.07 Å². The number of pyridine rings is 1. The number of aromatic nitrogens is 3. The number of hydrogen-bond acceptors (Lipinski definition) is 11. The molecule has 2 fully saturated rings. The second-order valence-corrected chi connectivity index (χ2v) is 11.3. The van der Waals surface area contributed by atoms with Crippen molar-refractivity contribution in [3.8, 4) is 10.6 Å². The molecule has 0 unspecified atom stereocenters. The zero-order valence-corrected chi connectivity index (χ0v) is 22.4. The van der Waals surface area contributed by atoms with Crippen LogP contribution >= 0.6 is 23.1 Å². The maximum Gasteiger partial charge on any atom is 0.290 e. The number of hydrogen-bond donors (Lipinski definition) is 3. The maximum atomic E-state index is 11.8. The van der Waals surface area contributed by atoms with Crippen molar-refractivity contribution >= 4 is 57.9 Å². The molecule has 2 saturated heterocycles. The highest BCUT2D eigenvalue weighted by Gasteiger charge is 2.26. The first-order chi connectivity index (χ1) is 18.4. The Balaban J connectivity index is 1.15. The van der Waals surface area contributed by atoms with E-state index < -0.39 is 5.91 Å². The number of nitrogens with two attached hydrogens (primary N) is 1. The predicted octanol–water partition coefficient (Wildman–Crippen LogP) is 3.72. The Kier molecular flexibility index (Phi) is 7.82. The number of imide groups is 1. The summed E-state index contributed by atoms with van der Waals surface area (Å²) in [5.74, 6) is 1.24. The fraction of sp³-hybridized carbons (Fsp3) is 0.308. The number of anilines is 2. The van der Waals surface area contributed by atoms with E-state index in [1.807, 2.05) is 18.2 Å². The number of nitrogen functional groups attached to an aromatic ring is 1. The summed E-state index contributed by atoms with van der Waals surface area (Å²) in [4.78, 5) is 52.6. The van der Waals surface area contributed by atoms with Crippen LogP contribution < -0.4 is 21.3 Å². The lowest BCUT2D eigenvalue weighted by molar-refractivity contribution is -0.115. The fourth-order valence-electron chi connectivity index (χ4n) is 4.41. The summed E-state index contributed by atoms with van der Waals surface area (Å²) >= 11 is 2.31. The molecule has 38 heavy (non-hydrogen) atoms. The third-order valence-corrected chi connectivity index (χ3v) is 8.42. The van der Waals surface area contributed by atoms with Gasteiger partial charge in [0.1, 0.15) is 5.82 Å². The van der Waals surface area contributed by atoms with Crippen LogP contribution in [0.5, 0.6) is 0 Å². The van der Waals surface area contributed by atoms with Crippen LogP contribution in [0.3, 0.4) is 0 Å². The smallest absolute Gasteiger partial charge is 0.290 e. The molecule has 2 amide bonds. The molecule has 0 radical (unpaired) electrons. The molecular weight excluding hydrogens is 522 g/mol. The van der Waals surface area contributed by atoms with Crippen molar-refractivity contribution in [1.29, 1.82) is 0 Å². The van der Waals surface area contributed by atoms with E-state index in [4.69, 9.17) is 5.73 Å². The minimum Gasteiger partial charge on any atom is -0.384 e. The number of thioether (sulfide) groups is 1. The van der Waals surface area contributed by atoms with E-state index in [1.165, 1.54) is 11.3 Å². The van der Waals surface area contributed by atoms with Crippen molar-refractivity contribution in [3.05, 3.63) is 57.6 Å². The number of piperidine rings is 1. The quantitative estimate of drug-likeness (QED) is 0.281. The first kappa shape index (κ1) is 26.0. The van der Waals surface area contributed by atoms with Crippen LogP contribution in [0.15, 0.2) is 41.4 Å². The number of thiophene rings is 1. The summed E-state index contributed by atoms with van der Waals surface area (Å²) in [6.45, 7) is 4.75. The lowest BCUT2D eigenvalue weighted by atomic mass is 9.97. The molecule has 3 aromatic heterocycles. The summed E-state index contributed by atoms with van der Waals surface area (Å²) in [5, 5.41) is 5.45. The molecular formula is C26H27N7O3S2. The van der Waals surface area contributed by atoms with Crippen molar-refractivity contribution < 1.29 is 14.4 Å². The number of carbonyl (C=O) groups excluding carboxylic acids is 3. The van der Waals surface area contributed by atoms with Crippen LogP contribution in [0.1, 0.15) is 40.7 Å². The molecule has 0 aliphatic carbocycles. The van der Waals surface area contributed by atoms with Crippen molar-refractivity contribution in [2.24, 2.45) is 5.92 Å². The number of nitrogens with zero attached hydrogens (tertiary/aromatic N) is 4. The number of ketones is 1. The molecule has 0 saturated carbocycles. The predicted molar refractivity (Wildman–Crippen MR) is 150 cm³/mol. The van der Waals surface area contributed by atoms with Gasteiger partial charge in [0.05, 0.1) is 26.0 Å². The summed E-state index contributed by atoms with van der Waals surface area (Å²) in [5.41, 5.74) is 8.41. The Labute approximate surface area is 228 Å². The lowest BCUT2D eigenvalue weighted by Gasteiger charge is -2.32. The van der Waals surface area contributed by atoms with Gasteiger partial charge >= 0.3 is 0 Å². The first-order valence-electron chi connectivity index (χ1n) is 12.3. The lowest BCUT2D eigenvalue weighted by Crippen LogP contribution is -2.38. The van der Waals surface area contributed by atoms with Gasteiger partial charge in [0.2, 0.25) is 5.95 Å². The van der Waals surface area contributed by atoms with Gasteiger partial charge in [-0.15, -0.1) is 11.3 Å². The SMILES string of the molecule is CC(=O)c1ccc(-c2nc(N)ccc2CNCC2CCN(c3nccc(/C=C4\SC(=O)NC4=O)n3)CC2)s1. The van der Waals surface area contributed by atoms with E-state index in [1.54, 1.807) is 31.3 Å². The van der Waals surface area contributed by atoms with Crippen LogP contribution in [-0.4, -0.2) is 51.5 Å². The molecule has 0 atom stereocenters. The average Bonchev–Trinajstić information content (AvgIpc) is 3.52. The minimum atomic E-state index is -0.397. The highest BCUT2D eigenvalue weighted by Crippen LogP contribution is 2.31. The van der Waals surface area contributed by atoms with Crippen LogP contribution in [-0.2, 0) is 11.3 Å². The molecule has 5 rings (SSSR count). The van der Waals surface area contributed by atoms with E-state index in [9.17, 15) is 14.4 Å². The summed E-state index contributed by atoms with van der Waals surface area (Å²) in [6, 6.07) is 9.28. The Morgan fingerprint density at radius 3 is 2.71 bits per heavy atom. The topological polar surface area (TPSA) is 143 Å². The summed E-state index contributed by atoms with van der Waals surface area (Å²) < 4.78 is 0. The molecule has 0 bridgehead atoms. The van der Waals surface area contributed by atoms with E-state index >= 15 is 0 Å². The van der Waals surface area contributed by atoms with Gasteiger partial charge in [0.25, 0.3) is 11.1 Å². The van der Waals surface area contributed by atoms with E-state index in [0.29, 0.717) is 39.7 Å². The van der Waals surface area contributed by atoms with E-state index in [2.05, 4.69) is 30.5 Å². The molecule has 12 heteroatoms. The van der Waals surface area contributed by atoms with Gasteiger partial charge in [-0.3, -0.25) is 19.7 Å². The zero-order valence-electron chi connectivity index (χ0n) is 20.8. The number of rotatable bonds is 8. The number of Topliss-reactive ketones (excluding diaryl/α,β-unsaturated/α-hetero) is 1. The van der Waals surface area contributed by atoms with Gasteiger partial charge in [-0.25, -0.2) is 15.0 Å². The maximum absolute atomic E-state index is 11.8. The van der Waals surface area contributed by atoms with E-state index in [-0.39, 0.29) is 11.0 Å². The van der Waals surface area contributed by atoms with Gasteiger partial charge in [-0.05, 0) is 79.9 Å². The standard InChI is InChI=1S/C26H27N7O3S2/c1-15(34)19-3-4-20(37-19)23-17(2-5-22(27)31-23)14-28-13-16-7-10-33(11-8-16)25-29-9-6-18(30-25)12-21-24(35)32-26(36)38-21/h2-6,9,12,16,28H,7-8,10-11,13-14H2,1H3,(H2,27,31)(H,32,35,36)/b21-12-. The van der Waals surface area contributed by atoms with Gasteiger partial charge in [-0.2, -0.15) is 0 Å². The molecule has 3 aromatic rings. The Morgan fingerprint density at radius 2 is 2.00 bits per heavy atom. The highest BCUT2D eigenvalue weighted by molar-refractivity contribution is 8.18. The van der Waals surface area contributed by atoms with Crippen LogP contribution in [0.2, 0.25) is 0 Å². The third kappa shape index (κ3) is 6.09. The second kappa shape index (κ2) is 11.4. The summed E-state index contributed by atoms with van der Waals surface area (Å²) in [7, 11) is 0. The highest BCUT2D eigenvalue weighted by atomic mass is 32.2. The minimum absolute atomic E-state index is 0.0435. The monoisotopic (exact) mass is 549 g/mol. The largest absolute Gasteiger partial charge is 0.384 e. The van der Waals surface area contributed by atoms with Gasteiger partial charge in [0, 0.05) is 25.8 Å². The van der Waals surface area contributed by atoms with Crippen molar-refractivity contribution in [2.45, 2.75) is 26.3 Å². The van der Waals surface area contributed by atoms with E-state index in [0.717, 1.165) is 60.4 Å².